The van der Waals surface area contributed by atoms with Gasteiger partial charge in [0.05, 0.1) is 5.69 Å². The highest BCUT2D eigenvalue weighted by molar-refractivity contribution is 9.10. The molecule has 1 N–H and O–H groups in total. The lowest BCUT2D eigenvalue weighted by Gasteiger charge is -2.29. The molecule has 1 heterocycles. The second-order valence-corrected chi connectivity index (χ2v) is 7.91. The van der Waals surface area contributed by atoms with Crippen LogP contribution in [0.1, 0.15) is 41.7 Å². The standard InChI is InChI=1S/C18H19BrN2O2S/c1-11-10-16(24-21-11)20-18(23)15-5-3-2-4-14(15)17(22)12-6-8-13(19)9-7-12/h6-10,14-15H,2-5H2,1H3,(H,20,23)/t14-,15-/m0/s1. The molecule has 126 valence electrons. The molecule has 2 atom stereocenters. The van der Waals surface area contributed by atoms with Gasteiger partial charge in [-0.2, -0.15) is 4.37 Å². The first-order chi connectivity index (χ1) is 11.5. The summed E-state index contributed by atoms with van der Waals surface area (Å²) in [5.41, 5.74) is 1.57. The van der Waals surface area contributed by atoms with Gasteiger partial charge in [0, 0.05) is 21.9 Å². The minimum atomic E-state index is -0.266. The predicted octanol–water partition coefficient (Wildman–Crippen LogP) is 4.84. The van der Waals surface area contributed by atoms with E-state index in [1.807, 2.05) is 37.3 Å². The fourth-order valence-corrected chi connectivity index (χ4v) is 4.15. The van der Waals surface area contributed by atoms with Crippen molar-refractivity contribution in [1.29, 1.82) is 0 Å². The summed E-state index contributed by atoms with van der Waals surface area (Å²) in [6.07, 6.45) is 3.52. The average molecular weight is 407 g/mol. The molecule has 0 radical (unpaired) electrons. The van der Waals surface area contributed by atoms with Crippen molar-refractivity contribution in [2.45, 2.75) is 32.6 Å². The lowest BCUT2D eigenvalue weighted by molar-refractivity contribution is -0.121. The van der Waals surface area contributed by atoms with Crippen molar-refractivity contribution in [1.82, 2.24) is 4.37 Å². The first-order valence-electron chi connectivity index (χ1n) is 8.08. The van der Waals surface area contributed by atoms with E-state index in [9.17, 15) is 9.59 Å². The number of aromatic nitrogens is 1. The van der Waals surface area contributed by atoms with Gasteiger partial charge in [0.25, 0.3) is 0 Å². The fraction of sp³-hybridized carbons (Fsp3) is 0.389. The van der Waals surface area contributed by atoms with Crippen molar-refractivity contribution in [3.8, 4) is 0 Å². The molecule has 1 saturated carbocycles. The normalized spacial score (nSPS) is 20.6. The Morgan fingerprint density at radius 3 is 2.46 bits per heavy atom. The highest BCUT2D eigenvalue weighted by Crippen LogP contribution is 2.34. The van der Waals surface area contributed by atoms with Crippen LogP contribution in [0.25, 0.3) is 0 Å². The summed E-state index contributed by atoms with van der Waals surface area (Å²) in [4.78, 5) is 25.6. The van der Waals surface area contributed by atoms with Crippen LogP contribution in [-0.4, -0.2) is 16.1 Å². The number of carbonyl (C=O) groups is 2. The highest BCUT2D eigenvalue weighted by Gasteiger charge is 2.36. The van der Waals surface area contributed by atoms with Crippen LogP contribution in [-0.2, 0) is 4.79 Å². The average Bonchev–Trinajstić information content (AvgIpc) is 3.00. The van der Waals surface area contributed by atoms with E-state index in [0.29, 0.717) is 5.56 Å². The van der Waals surface area contributed by atoms with Crippen molar-refractivity contribution in [2.75, 3.05) is 5.32 Å². The number of hydrogen-bond acceptors (Lipinski definition) is 4. The maximum atomic E-state index is 12.9. The molecule has 1 aliphatic carbocycles. The Morgan fingerprint density at radius 2 is 1.83 bits per heavy atom. The van der Waals surface area contributed by atoms with Gasteiger partial charge in [-0.25, -0.2) is 0 Å². The van der Waals surface area contributed by atoms with E-state index >= 15 is 0 Å². The number of ketones is 1. The minimum absolute atomic E-state index is 0.0613. The van der Waals surface area contributed by atoms with Crippen LogP contribution in [0.15, 0.2) is 34.8 Å². The molecule has 1 amide bonds. The van der Waals surface area contributed by atoms with E-state index in [1.165, 1.54) is 11.5 Å². The van der Waals surface area contributed by atoms with Crippen LogP contribution in [0, 0.1) is 18.8 Å². The molecule has 1 aromatic heterocycles. The summed E-state index contributed by atoms with van der Waals surface area (Å²) in [6, 6.07) is 9.23. The molecular formula is C18H19BrN2O2S. The van der Waals surface area contributed by atoms with Crippen molar-refractivity contribution in [3.63, 3.8) is 0 Å². The molecule has 0 spiro atoms. The zero-order chi connectivity index (χ0) is 17.1. The third kappa shape index (κ3) is 3.92. The highest BCUT2D eigenvalue weighted by atomic mass is 79.9. The Hall–Kier alpha value is -1.53. The lowest BCUT2D eigenvalue weighted by Crippen LogP contribution is -2.36. The van der Waals surface area contributed by atoms with Crippen LogP contribution in [0.3, 0.4) is 0 Å². The minimum Gasteiger partial charge on any atom is -0.316 e. The molecule has 0 unspecified atom stereocenters. The number of nitrogens with one attached hydrogen (secondary N) is 1. The first kappa shape index (κ1) is 17.3. The molecule has 0 bridgehead atoms. The number of carbonyl (C=O) groups excluding carboxylic acids is 2. The molecule has 24 heavy (non-hydrogen) atoms. The second kappa shape index (κ2) is 7.57. The topological polar surface area (TPSA) is 59.1 Å². The molecule has 3 rings (SSSR count). The van der Waals surface area contributed by atoms with Gasteiger partial charge < -0.3 is 5.32 Å². The number of benzene rings is 1. The number of hydrogen-bond donors (Lipinski definition) is 1. The van der Waals surface area contributed by atoms with E-state index in [1.54, 1.807) is 0 Å². The molecule has 2 aromatic rings. The number of Topliss-reactive ketones (excluding diaryl/α,β-unsaturated/α-hetero) is 1. The Morgan fingerprint density at radius 1 is 1.17 bits per heavy atom. The zero-order valence-electron chi connectivity index (χ0n) is 13.4. The van der Waals surface area contributed by atoms with Gasteiger partial charge in [-0.1, -0.05) is 40.9 Å². The number of halogens is 1. The Labute approximate surface area is 154 Å². The largest absolute Gasteiger partial charge is 0.316 e. The first-order valence-corrected chi connectivity index (χ1v) is 9.65. The third-order valence-electron chi connectivity index (χ3n) is 4.44. The molecule has 0 aliphatic heterocycles. The number of aryl methyl sites for hydroxylation is 1. The molecule has 4 nitrogen and oxygen atoms in total. The monoisotopic (exact) mass is 406 g/mol. The Balaban J connectivity index is 1.76. The molecular weight excluding hydrogens is 388 g/mol. The Kier molecular flexibility index (Phi) is 5.46. The van der Waals surface area contributed by atoms with Gasteiger partial charge in [-0.15, -0.1) is 0 Å². The lowest BCUT2D eigenvalue weighted by atomic mass is 9.75. The van der Waals surface area contributed by atoms with Gasteiger partial charge in [-0.05, 0) is 49.5 Å². The van der Waals surface area contributed by atoms with E-state index in [0.717, 1.165) is 40.9 Å². The SMILES string of the molecule is Cc1cc(NC(=O)[C@H]2CCCC[C@@H]2C(=O)c2ccc(Br)cc2)sn1. The predicted molar refractivity (Wildman–Crippen MR) is 99.4 cm³/mol. The smallest absolute Gasteiger partial charge is 0.228 e. The molecule has 0 saturated heterocycles. The van der Waals surface area contributed by atoms with Gasteiger partial charge in [0.1, 0.15) is 5.00 Å². The third-order valence-corrected chi connectivity index (χ3v) is 5.77. The van der Waals surface area contributed by atoms with Gasteiger partial charge >= 0.3 is 0 Å². The summed E-state index contributed by atoms with van der Waals surface area (Å²) >= 11 is 4.66. The van der Waals surface area contributed by atoms with Crippen LogP contribution in [0.2, 0.25) is 0 Å². The van der Waals surface area contributed by atoms with Crippen LogP contribution in [0.4, 0.5) is 5.00 Å². The quantitative estimate of drug-likeness (QED) is 0.738. The summed E-state index contributed by atoms with van der Waals surface area (Å²) in [5.74, 6) is -0.497. The molecule has 1 fully saturated rings. The number of rotatable bonds is 4. The zero-order valence-corrected chi connectivity index (χ0v) is 15.8. The van der Waals surface area contributed by atoms with E-state index < -0.39 is 0 Å². The van der Waals surface area contributed by atoms with E-state index in [-0.39, 0.29) is 23.5 Å². The maximum Gasteiger partial charge on any atom is 0.228 e. The second-order valence-electron chi connectivity index (χ2n) is 6.19. The fourth-order valence-electron chi connectivity index (χ4n) is 3.22. The van der Waals surface area contributed by atoms with Gasteiger partial charge in [-0.3, -0.25) is 9.59 Å². The van der Waals surface area contributed by atoms with E-state index in [2.05, 4.69) is 25.6 Å². The Bertz CT molecular complexity index is 742. The van der Waals surface area contributed by atoms with Gasteiger partial charge in [0.2, 0.25) is 5.91 Å². The van der Waals surface area contributed by atoms with Crippen molar-refractivity contribution in [2.24, 2.45) is 11.8 Å². The van der Waals surface area contributed by atoms with Crippen molar-refractivity contribution < 1.29 is 9.59 Å². The summed E-state index contributed by atoms with van der Waals surface area (Å²) in [7, 11) is 0. The summed E-state index contributed by atoms with van der Waals surface area (Å²) in [6.45, 7) is 1.90. The number of amides is 1. The maximum absolute atomic E-state index is 12.9. The number of anilines is 1. The van der Waals surface area contributed by atoms with Gasteiger partial charge in [0.15, 0.2) is 5.78 Å². The van der Waals surface area contributed by atoms with Crippen molar-refractivity contribution >= 4 is 44.2 Å². The summed E-state index contributed by atoms with van der Waals surface area (Å²) < 4.78 is 5.12. The van der Waals surface area contributed by atoms with Crippen LogP contribution >= 0.6 is 27.5 Å². The van der Waals surface area contributed by atoms with E-state index in [4.69, 9.17) is 0 Å². The summed E-state index contributed by atoms with van der Waals surface area (Å²) in [5, 5.41) is 3.68. The van der Waals surface area contributed by atoms with Crippen LogP contribution < -0.4 is 5.32 Å². The number of nitrogens with zero attached hydrogens (tertiary/aromatic N) is 1. The molecule has 6 heteroatoms. The van der Waals surface area contributed by atoms with Crippen LogP contribution in [0.5, 0.6) is 0 Å². The molecule has 1 aromatic carbocycles. The van der Waals surface area contributed by atoms with Crippen molar-refractivity contribution in [3.05, 3.63) is 46.1 Å². The molecule has 1 aliphatic rings.